The molecule has 0 saturated carbocycles. The Morgan fingerprint density at radius 3 is 2.19 bits per heavy atom. The fourth-order valence-corrected chi connectivity index (χ4v) is 4.35. The Morgan fingerprint density at radius 2 is 1.56 bits per heavy atom. The number of alkyl carbamates (subject to hydrolysis) is 1. The summed E-state index contributed by atoms with van der Waals surface area (Å²) < 4.78 is 5.47. The highest BCUT2D eigenvalue weighted by molar-refractivity contribution is 6.42. The molecule has 0 fully saturated rings. The van der Waals surface area contributed by atoms with E-state index in [1.165, 1.54) is 6.07 Å². The Kier molecular flexibility index (Phi) is 7.01. The van der Waals surface area contributed by atoms with Crippen LogP contribution in [0.3, 0.4) is 0 Å². The van der Waals surface area contributed by atoms with Crippen LogP contribution in [0.25, 0.3) is 11.1 Å². The van der Waals surface area contributed by atoms with E-state index in [2.05, 4.69) is 29.6 Å². The number of carbonyl (C=O) groups is 1. The topological polar surface area (TPSA) is 78.8 Å². The average molecular weight is 472 g/mol. The molecule has 0 heterocycles. The minimum atomic E-state index is -1.14. The van der Waals surface area contributed by atoms with Crippen molar-refractivity contribution in [1.82, 2.24) is 5.32 Å². The van der Waals surface area contributed by atoms with Crippen LogP contribution in [0.2, 0.25) is 10.0 Å². The lowest BCUT2D eigenvalue weighted by molar-refractivity contribution is 0.0137. The zero-order chi connectivity index (χ0) is 22.7. The van der Waals surface area contributed by atoms with Gasteiger partial charge in [-0.2, -0.15) is 0 Å². The summed E-state index contributed by atoms with van der Waals surface area (Å²) in [7, 11) is 0. The summed E-state index contributed by atoms with van der Waals surface area (Å²) in [4.78, 5) is 12.2. The third-order valence-corrected chi connectivity index (χ3v) is 6.44. The molecule has 2 unspecified atom stereocenters. The van der Waals surface area contributed by atoms with E-state index in [4.69, 9.17) is 27.9 Å². The maximum Gasteiger partial charge on any atom is 0.407 e. The van der Waals surface area contributed by atoms with E-state index in [1.54, 1.807) is 12.1 Å². The van der Waals surface area contributed by atoms with Gasteiger partial charge in [0.1, 0.15) is 12.7 Å². The lowest BCUT2D eigenvalue weighted by atomic mass is 9.98. The van der Waals surface area contributed by atoms with Crippen LogP contribution in [0.15, 0.2) is 66.7 Å². The molecule has 0 saturated heterocycles. The third kappa shape index (κ3) is 4.76. The molecule has 1 aliphatic carbocycles. The number of carbonyl (C=O) groups excluding carboxylic acids is 1. The second kappa shape index (κ2) is 9.92. The SMILES string of the molecule is O=C(NCCC(O)C(O)c1ccc(Cl)c(Cl)c1)OCC1c2ccccc2-c2ccccc21. The van der Waals surface area contributed by atoms with Gasteiger partial charge in [0.25, 0.3) is 0 Å². The Balaban J connectivity index is 1.28. The Bertz CT molecular complexity index is 1080. The summed E-state index contributed by atoms with van der Waals surface area (Å²) in [5.41, 5.74) is 5.06. The van der Waals surface area contributed by atoms with Crippen LogP contribution < -0.4 is 5.32 Å². The highest BCUT2D eigenvalue weighted by atomic mass is 35.5. The minimum Gasteiger partial charge on any atom is -0.449 e. The fraction of sp³-hybridized carbons (Fsp3) is 0.240. The van der Waals surface area contributed by atoms with Crippen LogP contribution >= 0.6 is 23.2 Å². The maximum atomic E-state index is 12.2. The van der Waals surface area contributed by atoms with E-state index in [0.717, 1.165) is 22.3 Å². The van der Waals surface area contributed by atoms with Gasteiger partial charge in [-0.05, 0) is 46.4 Å². The third-order valence-electron chi connectivity index (χ3n) is 5.70. The van der Waals surface area contributed by atoms with Gasteiger partial charge >= 0.3 is 6.09 Å². The molecule has 2 atom stereocenters. The molecule has 1 aliphatic rings. The molecule has 7 heteroatoms. The number of aliphatic hydroxyl groups is 2. The highest BCUT2D eigenvalue weighted by Crippen LogP contribution is 2.44. The van der Waals surface area contributed by atoms with Crippen molar-refractivity contribution in [3.05, 3.63) is 93.5 Å². The molecule has 3 N–H and O–H groups in total. The van der Waals surface area contributed by atoms with Crippen LogP contribution in [0, 0.1) is 0 Å². The molecule has 0 spiro atoms. The van der Waals surface area contributed by atoms with Gasteiger partial charge < -0.3 is 20.3 Å². The van der Waals surface area contributed by atoms with Crippen molar-refractivity contribution in [3.63, 3.8) is 0 Å². The zero-order valence-corrected chi connectivity index (χ0v) is 18.7. The fourth-order valence-electron chi connectivity index (χ4n) is 4.05. The van der Waals surface area contributed by atoms with Gasteiger partial charge in [-0.1, -0.05) is 77.8 Å². The number of aliphatic hydroxyl groups excluding tert-OH is 2. The van der Waals surface area contributed by atoms with Crippen LogP contribution in [0.4, 0.5) is 4.79 Å². The molecule has 3 aromatic carbocycles. The van der Waals surface area contributed by atoms with Crippen molar-refractivity contribution in [2.24, 2.45) is 0 Å². The first-order valence-electron chi connectivity index (χ1n) is 10.4. The average Bonchev–Trinajstić information content (AvgIpc) is 3.12. The second-order valence-corrected chi connectivity index (χ2v) is 8.54. The Labute approximate surface area is 196 Å². The van der Waals surface area contributed by atoms with Crippen molar-refractivity contribution < 1.29 is 19.7 Å². The monoisotopic (exact) mass is 471 g/mol. The Hall–Kier alpha value is -2.57. The van der Waals surface area contributed by atoms with Crippen LogP contribution in [-0.2, 0) is 4.74 Å². The smallest absolute Gasteiger partial charge is 0.407 e. The normalized spacial score (nSPS) is 14.4. The van der Waals surface area contributed by atoms with Gasteiger partial charge in [0, 0.05) is 12.5 Å². The molecule has 0 aromatic heterocycles. The van der Waals surface area contributed by atoms with Crippen molar-refractivity contribution in [2.45, 2.75) is 24.5 Å². The van der Waals surface area contributed by atoms with Crippen molar-refractivity contribution in [3.8, 4) is 11.1 Å². The van der Waals surface area contributed by atoms with E-state index < -0.39 is 18.3 Å². The maximum absolute atomic E-state index is 12.2. The molecule has 0 bridgehead atoms. The van der Waals surface area contributed by atoms with Gasteiger partial charge in [0.2, 0.25) is 0 Å². The van der Waals surface area contributed by atoms with Crippen molar-refractivity contribution in [1.29, 1.82) is 0 Å². The van der Waals surface area contributed by atoms with Crippen molar-refractivity contribution >= 4 is 29.3 Å². The van der Waals surface area contributed by atoms with Crippen molar-refractivity contribution in [2.75, 3.05) is 13.2 Å². The first-order valence-corrected chi connectivity index (χ1v) is 11.1. The number of rotatable bonds is 7. The highest BCUT2D eigenvalue weighted by Gasteiger charge is 2.29. The summed E-state index contributed by atoms with van der Waals surface area (Å²) >= 11 is 11.8. The Morgan fingerprint density at radius 1 is 0.938 bits per heavy atom. The predicted octanol–water partition coefficient (Wildman–Crippen LogP) is 5.32. The molecular weight excluding hydrogens is 449 g/mol. The van der Waals surface area contributed by atoms with E-state index in [1.807, 2.05) is 24.3 Å². The molecular formula is C25H23Cl2NO4. The summed E-state index contributed by atoms with van der Waals surface area (Å²) in [6.45, 7) is 0.366. The second-order valence-electron chi connectivity index (χ2n) is 7.73. The number of fused-ring (bicyclic) bond motifs is 3. The van der Waals surface area contributed by atoms with E-state index >= 15 is 0 Å². The van der Waals surface area contributed by atoms with Crippen LogP contribution in [0.1, 0.15) is 35.1 Å². The van der Waals surface area contributed by atoms with Gasteiger partial charge in [-0.15, -0.1) is 0 Å². The number of hydrogen-bond donors (Lipinski definition) is 3. The summed E-state index contributed by atoms with van der Waals surface area (Å²) in [6.07, 6.45) is -2.65. The van der Waals surface area contributed by atoms with E-state index in [0.29, 0.717) is 15.6 Å². The van der Waals surface area contributed by atoms with Gasteiger partial charge in [0.05, 0.1) is 16.1 Å². The molecule has 166 valence electrons. The lowest BCUT2D eigenvalue weighted by Crippen LogP contribution is -2.30. The quantitative estimate of drug-likeness (QED) is 0.435. The van der Waals surface area contributed by atoms with E-state index in [9.17, 15) is 15.0 Å². The molecule has 4 rings (SSSR count). The number of hydrogen-bond acceptors (Lipinski definition) is 4. The van der Waals surface area contributed by atoms with Gasteiger partial charge in [-0.3, -0.25) is 0 Å². The molecule has 3 aromatic rings. The summed E-state index contributed by atoms with van der Waals surface area (Å²) in [5.74, 6) is -0.0183. The van der Waals surface area contributed by atoms with E-state index in [-0.39, 0.29) is 25.5 Å². The van der Waals surface area contributed by atoms with Gasteiger partial charge in [0.15, 0.2) is 0 Å². The number of nitrogens with one attached hydrogen (secondary N) is 1. The standard InChI is InChI=1S/C25H23Cl2NO4/c26-21-10-9-15(13-22(21)27)24(30)23(29)11-12-28-25(31)32-14-20-18-7-3-1-5-16(18)17-6-2-4-8-19(17)20/h1-10,13,20,23-24,29-30H,11-12,14H2,(H,28,31). The van der Waals surface area contributed by atoms with Crippen LogP contribution in [-0.4, -0.2) is 35.6 Å². The number of amides is 1. The number of halogens is 2. The molecule has 32 heavy (non-hydrogen) atoms. The molecule has 5 nitrogen and oxygen atoms in total. The minimum absolute atomic E-state index is 0.0183. The summed E-state index contributed by atoms with van der Waals surface area (Å²) in [5, 5.41) is 23.9. The first kappa shape index (κ1) is 22.6. The molecule has 1 amide bonds. The number of ether oxygens (including phenoxy) is 1. The predicted molar refractivity (Wildman–Crippen MR) is 125 cm³/mol. The molecule has 0 radical (unpaired) electrons. The zero-order valence-electron chi connectivity index (χ0n) is 17.2. The lowest BCUT2D eigenvalue weighted by Gasteiger charge is -2.19. The van der Waals surface area contributed by atoms with Crippen LogP contribution in [0.5, 0.6) is 0 Å². The number of benzene rings is 3. The largest absolute Gasteiger partial charge is 0.449 e. The molecule has 0 aliphatic heterocycles. The first-order chi connectivity index (χ1) is 15.5. The van der Waals surface area contributed by atoms with Gasteiger partial charge in [-0.25, -0.2) is 4.79 Å². The summed E-state index contributed by atoms with van der Waals surface area (Å²) in [6, 6.07) is 20.9.